The summed E-state index contributed by atoms with van der Waals surface area (Å²) in [4.78, 5) is 40.3. The van der Waals surface area contributed by atoms with Crippen LogP contribution in [0.4, 0.5) is 0 Å². The number of fused-ring (bicyclic) bond motifs is 1. The van der Waals surface area contributed by atoms with E-state index in [1.807, 2.05) is 18.2 Å². The molecule has 1 fully saturated rings. The van der Waals surface area contributed by atoms with Gasteiger partial charge in [-0.3, -0.25) is 9.69 Å². The first-order valence-corrected chi connectivity index (χ1v) is 10.9. The highest BCUT2D eigenvalue weighted by Crippen LogP contribution is 2.19. The van der Waals surface area contributed by atoms with E-state index in [-0.39, 0.29) is 12.5 Å². The zero-order valence-corrected chi connectivity index (χ0v) is 18.4. The summed E-state index contributed by atoms with van der Waals surface area (Å²) >= 11 is 0. The molecule has 4 rings (SSSR count). The third kappa shape index (κ3) is 5.98. The third-order valence-electron chi connectivity index (χ3n) is 5.54. The summed E-state index contributed by atoms with van der Waals surface area (Å²) in [6.45, 7) is 4.78. The average Bonchev–Trinajstić information content (AvgIpc) is 2.83. The quantitative estimate of drug-likeness (QED) is 0.403. The largest absolute Gasteiger partial charge is 0.482 e. The van der Waals surface area contributed by atoms with Crippen molar-refractivity contribution >= 4 is 22.8 Å². The summed E-state index contributed by atoms with van der Waals surface area (Å²) in [7, 11) is 0. The first kappa shape index (κ1) is 22.5. The van der Waals surface area contributed by atoms with E-state index in [2.05, 4.69) is 17.0 Å². The Balaban J connectivity index is 1.22. The number of rotatable bonds is 7. The van der Waals surface area contributed by atoms with E-state index < -0.39 is 17.7 Å². The number of carbonyl (C=O) groups is 2. The molecule has 0 saturated carbocycles. The minimum atomic E-state index is -0.892. The van der Waals surface area contributed by atoms with Crippen LogP contribution in [0.25, 0.3) is 11.0 Å². The lowest BCUT2D eigenvalue weighted by molar-refractivity contribution is -0.161. The molecule has 8 heteroatoms. The number of carbonyl (C=O) groups excluding carboxylic acids is 2. The predicted octanol–water partition coefficient (Wildman–Crippen LogP) is 2.45. The van der Waals surface area contributed by atoms with Crippen LogP contribution in [0, 0.1) is 0 Å². The van der Waals surface area contributed by atoms with Gasteiger partial charge in [0, 0.05) is 50.2 Å². The first-order valence-electron chi connectivity index (χ1n) is 10.9. The maximum atomic E-state index is 12.7. The standard InChI is InChI=1S/C25H26N2O6/c1-18(25(30)27-13-11-26(12-14-27)16-19-5-3-2-4-6-19)32-24(29)17-31-21-9-7-20-8-10-23(28)33-22(20)15-21/h2-10,15,18H,11-14,16-17H2,1H3. The van der Waals surface area contributed by atoms with Gasteiger partial charge in [0.25, 0.3) is 5.91 Å². The van der Waals surface area contributed by atoms with E-state index in [1.165, 1.54) is 17.7 Å². The fourth-order valence-electron chi connectivity index (χ4n) is 3.78. The molecule has 2 aromatic carbocycles. The lowest BCUT2D eigenvalue weighted by Gasteiger charge is -2.35. The lowest BCUT2D eigenvalue weighted by atomic mass is 10.2. The molecule has 0 bridgehead atoms. The Hall–Kier alpha value is -3.65. The van der Waals surface area contributed by atoms with Crippen LogP contribution in [-0.4, -0.2) is 60.6 Å². The number of esters is 1. The van der Waals surface area contributed by atoms with Crippen molar-refractivity contribution in [2.45, 2.75) is 19.6 Å². The number of amides is 1. The molecule has 1 saturated heterocycles. The Bertz CT molecular complexity index is 1170. The normalized spacial score (nSPS) is 15.2. The molecule has 0 aliphatic carbocycles. The van der Waals surface area contributed by atoms with E-state index >= 15 is 0 Å². The molecular formula is C25H26N2O6. The van der Waals surface area contributed by atoms with Crippen LogP contribution in [-0.2, 0) is 20.9 Å². The van der Waals surface area contributed by atoms with Gasteiger partial charge in [-0.1, -0.05) is 30.3 Å². The van der Waals surface area contributed by atoms with Gasteiger partial charge in [-0.2, -0.15) is 0 Å². The zero-order chi connectivity index (χ0) is 23.2. The predicted molar refractivity (Wildman–Crippen MR) is 122 cm³/mol. The van der Waals surface area contributed by atoms with Crippen molar-refractivity contribution in [1.29, 1.82) is 0 Å². The molecule has 8 nitrogen and oxygen atoms in total. The number of piperazine rings is 1. The van der Waals surface area contributed by atoms with E-state index in [1.54, 1.807) is 30.0 Å². The second-order valence-corrected chi connectivity index (χ2v) is 7.96. The number of ether oxygens (including phenoxy) is 2. The third-order valence-corrected chi connectivity index (χ3v) is 5.54. The van der Waals surface area contributed by atoms with Gasteiger partial charge in [0.05, 0.1) is 0 Å². The molecule has 1 atom stereocenters. The topological polar surface area (TPSA) is 89.3 Å². The Morgan fingerprint density at radius 1 is 1.00 bits per heavy atom. The van der Waals surface area contributed by atoms with Gasteiger partial charge in [-0.15, -0.1) is 0 Å². The van der Waals surface area contributed by atoms with Gasteiger partial charge in [0.1, 0.15) is 11.3 Å². The summed E-state index contributed by atoms with van der Waals surface area (Å²) in [5, 5.41) is 0.743. The maximum absolute atomic E-state index is 12.7. The van der Waals surface area contributed by atoms with Gasteiger partial charge in [-0.25, -0.2) is 9.59 Å². The van der Waals surface area contributed by atoms with Crippen LogP contribution in [0.1, 0.15) is 12.5 Å². The van der Waals surface area contributed by atoms with Crippen LogP contribution >= 0.6 is 0 Å². The van der Waals surface area contributed by atoms with E-state index in [0.717, 1.165) is 25.0 Å². The molecule has 172 valence electrons. The molecule has 1 unspecified atom stereocenters. The minimum absolute atomic E-state index is 0.213. The van der Waals surface area contributed by atoms with Crippen molar-refractivity contribution in [2.24, 2.45) is 0 Å². The molecule has 1 aliphatic rings. The smallest absolute Gasteiger partial charge is 0.344 e. The highest BCUT2D eigenvalue weighted by molar-refractivity contribution is 5.84. The summed E-state index contributed by atoms with van der Waals surface area (Å²) in [6, 6.07) is 18.1. The summed E-state index contributed by atoms with van der Waals surface area (Å²) in [5.74, 6) is -0.495. The minimum Gasteiger partial charge on any atom is -0.482 e. The van der Waals surface area contributed by atoms with E-state index in [9.17, 15) is 14.4 Å². The number of hydrogen-bond donors (Lipinski definition) is 0. The Kier molecular flexibility index (Phi) is 7.04. The van der Waals surface area contributed by atoms with Crippen molar-refractivity contribution in [2.75, 3.05) is 32.8 Å². The molecular weight excluding hydrogens is 424 g/mol. The van der Waals surface area contributed by atoms with Gasteiger partial charge in [-0.05, 0) is 30.7 Å². The highest BCUT2D eigenvalue weighted by atomic mass is 16.6. The van der Waals surface area contributed by atoms with Gasteiger partial charge < -0.3 is 18.8 Å². The monoisotopic (exact) mass is 450 g/mol. The highest BCUT2D eigenvalue weighted by Gasteiger charge is 2.27. The Morgan fingerprint density at radius 3 is 2.48 bits per heavy atom. The molecule has 0 radical (unpaired) electrons. The summed E-state index contributed by atoms with van der Waals surface area (Å²) in [6.07, 6.45) is -0.892. The maximum Gasteiger partial charge on any atom is 0.344 e. The molecule has 1 aromatic heterocycles. The van der Waals surface area contributed by atoms with Crippen molar-refractivity contribution in [3.63, 3.8) is 0 Å². The van der Waals surface area contributed by atoms with Crippen LogP contribution in [0.15, 0.2) is 69.9 Å². The number of benzene rings is 2. The second kappa shape index (κ2) is 10.3. The fourth-order valence-corrected chi connectivity index (χ4v) is 3.78. The van der Waals surface area contributed by atoms with Gasteiger partial charge in [0.15, 0.2) is 12.7 Å². The lowest BCUT2D eigenvalue weighted by Crippen LogP contribution is -2.51. The van der Waals surface area contributed by atoms with Gasteiger partial charge >= 0.3 is 11.6 Å². The zero-order valence-electron chi connectivity index (χ0n) is 18.4. The molecule has 1 amide bonds. The molecule has 2 heterocycles. The van der Waals surface area contributed by atoms with Crippen molar-refractivity contribution < 1.29 is 23.5 Å². The average molecular weight is 450 g/mol. The SMILES string of the molecule is CC(OC(=O)COc1ccc2ccc(=O)oc2c1)C(=O)N1CCN(Cc2ccccc2)CC1. The van der Waals surface area contributed by atoms with Crippen LogP contribution in [0.3, 0.4) is 0 Å². The molecule has 33 heavy (non-hydrogen) atoms. The fraction of sp³-hybridized carbons (Fsp3) is 0.320. The molecule has 1 aliphatic heterocycles. The number of hydrogen-bond acceptors (Lipinski definition) is 7. The van der Waals surface area contributed by atoms with Gasteiger partial charge in [0.2, 0.25) is 0 Å². The first-order chi connectivity index (χ1) is 16.0. The van der Waals surface area contributed by atoms with E-state index in [4.69, 9.17) is 13.9 Å². The second-order valence-electron chi connectivity index (χ2n) is 7.96. The summed E-state index contributed by atoms with van der Waals surface area (Å²) < 4.78 is 15.8. The Labute approximate surface area is 191 Å². The molecule has 3 aromatic rings. The number of nitrogens with zero attached hydrogens (tertiary/aromatic N) is 2. The van der Waals surface area contributed by atoms with Crippen LogP contribution in [0.5, 0.6) is 5.75 Å². The van der Waals surface area contributed by atoms with Crippen molar-refractivity contribution in [3.8, 4) is 5.75 Å². The van der Waals surface area contributed by atoms with Crippen molar-refractivity contribution in [1.82, 2.24) is 9.80 Å². The molecule has 0 spiro atoms. The Morgan fingerprint density at radius 2 is 1.73 bits per heavy atom. The molecule has 0 N–H and O–H groups in total. The summed E-state index contributed by atoms with van der Waals surface area (Å²) in [5.41, 5.74) is 1.14. The van der Waals surface area contributed by atoms with E-state index in [0.29, 0.717) is 24.4 Å². The van der Waals surface area contributed by atoms with Crippen LogP contribution in [0.2, 0.25) is 0 Å². The van der Waals surface area contributed by atoms with Crippen molar-refractivity contribution in [3.05, 3.63) is 76.6 Å². The van der Waals surface area contributed by atoms with Crippen LogP contribution < -0.4 is 10.4 Å².